The minimum absolute atomic E-state index is 0. The molecule has 0 rings (SSSR count). The van der Waals surface area contributed by atoms with E-state index in [1.54, 1.807) is 0 Å². The molecule has 0 bridgehead atoms. The van der Waals surface area contributed by atoms with Crippen LogP contribution >= 0.6 is 0 Å². The quantitative estimate of drug-likeness (QED) is 0.339. The van der Waals surface area contributed by atoms with Crippen molar-refractivity contribution in [3.8, 4) is 0 Å². The summed E-state index contributed by atoms with van der Waals surface area (Å²) in [5, 5.41) is 15.7. The van der Waals surface area contributed by atoms with E-state index in [2.05, 4.69) is 0 Å². The minimum atomic E-state index is -4.17. The molecule has 88 valence electrons. The zero-order chi connectivity index (χ0) is 11.8. The predicted molar refractivity (Wildman–Crippen MR) is 45.2 cm³/mol. The van der Waals surface area contributed by atoms with Crippen molar-refractivity contribution >= 4 is 20.2 Å². The van der Waals surface area contributed by atoms with Gasteiger partial charge in [0.1, 0.15) is 0 Å². The summed E-state index contributed by atoms with van der Waals surface area (Å²) in [6.45, 7) is -1.12. The first-order chi connectivity index (χ1) is 6.12. The summed E-state index contributed by atoms with van der Waals surface area (Å²) >= 11 is 0. The Hall–Kier alpha value is 0.740. The van der Waals surface area contributed by atoms with E-state index >= 15 is 0 Å². The third kappa shape index (κ3) is 31.3. The molecule has 0 heterocycles. The number of hydrogen-bond acceptors (Lipinski definition) is 7. The van der Waals surface area contributed by atoms with Gasteiger partial charge < -0.3 is 14.8 Å². The van der Waals surface area contributed by atoms with Crippen molar-refractivity contribution in [3.05, 3.63) is 0 Å². The second-order valence-electron chi connectivity index (χ2n) is 2.00. The zero-order valence-electron chi connectivity index (χ0n) is 8.03. The van der Waals surface area contributed by atoms with Crippen LogP contribution in [-0.4, -0.2) is 60.9 Å². The molecular formula is C4H11NaO8S2. The maximum absolute atomic E-state index is 9.63. The van der Waals surface area contributed by atoms with E-state index in [0.717, 1.165) is 0 Å². The molecule has 0 saturated carbocycles. The van der Waals surface area contributed by atoms with Crippen LogP contribution in [0.2, 0.25) is 0 Å². The normalized spacial score (nSPS) is 10.9. The molecule has 0 fully saturated rings. The molecule has 0 aliphatic rings. The molecule has 0 unspecified atom stereocenters. The Balaban J connectivity index is -0.000000180. The summed E-state index contributed by atoms with van der Waals surface area (Å²) < 4.78 is 55.6. The Morgan fingerprint density at radius 1 is 0.933 bits per heavy atom. The number of hydrogen-bond donors (Lipinski definition) is 3. The first kappa shape index (κ1) is 21.1. The molecule has 0 aliphatic carbocycles. The van der Waals surface area contributed by atoms with Gasteiger partial charge in [0.05, 0.1) is 34.8 Å². The Labute approximate surface area is 110 Å². The van der Waals surface area contributed by atoms with Crippen molar-refractivity contribution in [1.82, 2.24) is 0 Å². The molecule has 0 saturated heterocycles. The van der Waals surface area contributed by atoms with Crippen LogP contribution in [-0.2, 0) is 20.2 Å². The monoisotopic (exact) mass is 274 g/mol. The number of aliphatic hydroxyl groups is 2. The molecule has 8 nitrogen and oxygen atoms in total. The third-order valence-electron chi connectivity index (χ3n) is 0.691. The molecule has 15 heavy (non-hydrogen) atoms. The second-order valence-corrected chi connectivity index (χ2v) is 5.09. The van der Waals surface area contributed by atoms with E-state index in [0.29, 0.717) is 0 Å². The maximum atomic E-state index is 9.63. The van der Waals surface area contributed by atoms with E-state index in [4.69, 9.17) is 14.8 Å². The van der Waals surface area contributed by atoms with Gasteiger partial charge in [-0.2, -0.15) is 8.42 Å². The maximum Gasteiger partial charge on any atom is 1.00 e. The van der Waals surface area contributed by atoms with Crippen molar-refractivity contribution < 1.29 is 65.7 Å². The molecule has 0 aromatic carbocycles. The summed E-state index contributed by atoms with van der Waals surface area (Å²) in [7, 11) is -8.10. The number of rotatable bonds is 4. The SMILES string of the molecule is O=S(=O)(O)CCO.O=S(=O)([O-])CCO.[Na+]. The molecule has 0 aliphatic heterocycles. The Morgan fingerprint density at radius 3 is 1.27 bits per heavy atom. The van der Waals surface area contributed by atoms with Crippen LogP contribution in [0, 0.1) is 0 Å². The fraction of sp³-hybridized carbons (Fsp3) is 1.00. The van der Waals surface area contributed by atoms with Crippen molar-refractivity contribution in [2.45, 2.75) is 0 Å². The summed E-state index contributed by atoms with van der Waals surface area (Å²) in [5.41, 5.74) is 0. The topological polar surface area (TPSA) is 152 Å². The third-order valence-corrected chi connectivity index (χ3v) is 2.07. The van der Waals surface area contributed by atoms with Gasteiger partial charge in [0.15, 0.2) is 0 Å². The van der Waals surface area contributed by atoms with Gasteiger partial charge in [-0.05, 0) is 0 Å². The number of aliphatic hydroxyl groups excluding tert-OH is 2. The fourth-order valence-corrected chi connectivity index (χ4v) is 0.681. The van der Waals surface area contributed by atoms with Gasteiger partial charge in [-0.1, -0.05) is 0 Å². The smallest absolute Gasteiger partial charge is 0.748 e. The Morgan fingerprint density at radius 2 is 1.27 bits per heavy atom. The fourth-order valence-electron chi connectivity index (χ4n) is 0.227. The molecule has 0 aromatic heterocycles. The van der Waals surface area contributed by atoms with Gasteiger partial charge in [0.2, 0.25) is 0 Å². The summed E-state index contributed by atoms with van der Waals surface area (Å²) in [6.07, 6.45) is 0. The van der Waals surface area contributed by atoms with Crippen LogP contribution in [0.4, 0.5) is 0 Å². The van der Waals surface area contributed by atoms with Crippen LogP contribution in [0.1, 0.15) is 0 Å². The Bertz CT molecular complexity index is 285. The summed E-state index contributed by atoms with van der Waals surface area (Å²) in [4.78, 5) is 0. The first-order valence-corrected chi connectivity index (χ1v) is 6.41. The standard InChI is InChI=1S/2C2H6O4S.Na/c2*3-1-2-7(4,5)6;/h2*3H,1-2H2,(H,4,5,6);/q;;+1/p-1. The van der Waals surface area contributed by atoms with Crippen molar-refractivity contribution in [1.29, 1.82) is 0 Å². The van der Waals surface area contributed by atoms with Gasteiger partial charge in [0, 0.05) is 0 Å². The van der Waals surface area contributed by atoms with Gasteiger partial charge in [-0.25, -0.2) is 8.42 Å². The molecule has 0 spiro atoms. The molecule has 11 heteroatoms. The van der Waals surface area contributed by atoms with Gasteiger partial charge in [0.25, 0.3) is 10.1 Å². The van der Waals surface area contributed by atoms with Crippen LogP contribution < -0.4 is 29.6 Å². The van der Waals surface area contributed by atoms with E-state index in [9.17, 15) is 21.4 Å². The first-order valence-electron chi connectivity index (χ1n) is 3.23. The van der Waals surface area contributed by atoms with E-state index in [1.165, 1.54) is 0 Å². The van der Waals surface area contributed by atoms with Crippen molar-refractivity contribution in [2.24, 2.45) is 0 Å². The second kappa shape index (κ2) is 9.93. The van der Waals surface area contributed by atoms with E-state index in [1.807, 2.05) is 0 Å². The van der Waals surface area contributed by atoms with E-state index in [-0.39, 0.29) is 29.6 Å². The average molecular weight is 274 g/mol. The van der Waals surface area contributed by atoms with Gasteiger partial charge >= 0.3 is 29.6 Å². The molecular weight excluding hydrogens is 263 g/mol. The average Bonchev–Trinajstić information content (AvgIpc) is 1.81. The van der Waals surface area contributed by atoms with Crippen LogP contribution in [0.15, 0.2) is 0 Å². The van der Waals surface area contributed by atoms with E-state index < -0.39 is 45.0 Å². The minimum Gasteiger partial charge on any atom is -0.748 e. The summed E-state index contributed by atoms with van der Waals surface area (Å²) in [6, 6.07) is 0. The Kier molecular flexibility index (Phi) is 13.9. The molecule has 0 amide bonds. The molecule has 0 atom stereocenters. The van der Waals surface area contributed by atoms with Crippen LogP contribution in [0.3, 0.4) is 0 Å². The van der Waals surface area contributed by atoms with Crippen LogP contribution in [0.5, 0.6) is 0 Å². The van der Waals surface area contributed by atoms with Gasteiger partial charge in [-0.3, -0.25) is 4.55 Å². The van der Waals surface area contributed by atoms with Gasteiger partial charge in [-0.15, -0.1) is 0 Å². The zero-order valence-corrected chi connectivity index (χ0v) is 11.7. The summed E-state index contributed by atoms with van der Waals surface area (Å²) in [5.74, 6) is -1.26. The van der Waals surface area contributed by atoms with Crippen LogP contribution in [0.25, 0.3) is 0 Å². The largest absolute Gasteiger partial charge is 1.00 e. The van der Waals surface area contributed by atoms with Crippen molar-refractivity contribution in [2.75, 3.05) is 24.7 Å². The molecule has 0 radical (unpaired) electrons. The van der Waals surface area contributed by atoms with Crippen molar-refractivity contribution in [3.63, 3.8) is 0 Å². The molecule has 3 N–H and O–H groups in total. The molecule has 0 aromatic rings. The predicted octanol–water partition coefficient (Wildman–Crippen LogP) is -5.61.